The van der Waals surface area contributed by atoms with Gasteiger partial charge in [0.25, 0.3) is 10.0 Å². The maximum absolute atomic E-state index is 13.8. The van der Waals surface area contributed by atoms with Gasteiger partial charge in [0.1, 0.15) is 15.7 Å². The molecule has 2 aliphatic heterocycles. The van der Waals surface area contributed by atoms with E-state index in [0.717, 1.165) is 35.0 Å². The van der Waals surface area contributed by atoms with Crippen LogP contribution in [0.2, 0.25) is 0 Å². The van der Waals surface area contributed by atoms with Crippen molar-refractivity contribution in [2.24, 2.45) is 5.92 Å². The zero-order chi connectivity index (χ0) is 21.3. The molecule has 0 aromatic heterocycles. The average Bonchev–Trinajstić information content (AvgIpc) is 3.49. The Bertz CT molecular complexity index is 1210. The molecule has 0 N–H and O–H groups in total. The minimum atomic E-state index is -3.94. The molecule has 0 radical (unpaired) electrons. The molecule has 0 bridgehead atoms. The molecule has 160 valence electrons. The number of sulfonamides is 1. The van der Waals surface area contributed by atoms with Crippen LogP contribution in [-0.4, -0.2) is 34.4 Å². The van der Waals surface area contributed by atoms with Gasteiger partial charge in [0.2, 0.25) is 0 Å². The Morgan fingerprint density at radius 1 is 1.03 bits per heavy atom. The van der Waals surface area contributed by atoms with Crippen molar-refractivity contribution >= 4 is 41.5 Å². The van der Waals surface area contributed by atoms with E-state index in [0.29, 0.717) is 18.5 Å². The van der Waals surface area contributed by atoms with Gasteiger partial charge < -0.3 is 0 Å². The van der Waals surface area contributed by atoms with Crippen molar-refractivity contribution in [2.75, 3.05) is 15.8 Å². The largest absolute Gasteiger partial charge is 0.264 e. The zero-order valence-corrected chi connectivity index (χ0v) is 19.3. The number of fused-ring (bicyclic) bond motifs is 2. The molecule has 1 saturated carbocycles. The normalized spacial score (nSPS) is 24.7. The molecule has 2 heterocycles. The van der Waals surface area contributed by atoms with Gasteiger partial charge in [-0.25, -0.2) is 21.2 Å². The molecule has 3 aliphatic rings. The van der Waals surface area contributed by atoms with E-state index in [1.807, 2.05) is 12.1 Å². The standard InChI is InChI=1S/C21H21BrFNO4S2/c22-15-3-8-19-18(13-15)21(9-11-29(25,26)12-10-21)20(14-1-2-14)24(19)30(27,28)17-6-4-16(23)5-7-17/h3-8,13-14,20H,1-2,9-12H2/t20-/m1/s1. The molecule has 1 spiro atoms. The predicted octanol–water partition coefficient (Wildman–Crippen LogP) is 4.02. The molecule has 2 aromatic carbocycles. The fraction of sp³-hybridized carbons (Fsp3) is 0.429. The molecule has 5 rings (SSSR count). The smallest absolute Gasteiger partial charge is 0.262 e. The lowest BCUT2D eigenvalue weighted by atomic mass is 9.70. The van der Waals surface area contributed by atoms with Crippen LogP contribution in [0.4, 0.5) is 10.1 Å². The number of anilines is 1. The summed E-state index contributed by atoms with van der Waals surface area (Å²) in [5.41, 5.74) is 0.978. The summed E-state index contributed by atoms with van der Waals surface area (Å²) in [7, 11) is -7.06. The summed E-state index contributed by atoms with van der Waals surface area (Å²) < 4.78 is 67.7. The minimum Gasteiger partial charge on any atom is -0.262 e. The quantitative estimate of drug-likeness (QED) is 0.621. The van der Waals surface area contributed by atoms with Crippen LogP contribution in [0, 0.1) is 11.7 Å². The first-order valence-electron chi connectivity index (χ1n) is 9.95. The van der Waals surface area contributed by atoms with E-state index in [2.05, 4.69) is 15.9 Å². The molecule has 9 heteroatoms. The van der Waals surface area contributed by atoms with Gasteiger partial charge in [-0.2, -0.15) is 0 Å². The Morgan fingerprint density at radius 2 is 1.67 bits per heavy atom. The van der Waals surface area contributed by atoms with Gasteiger partial charge >= 0.3 is 0 Å². The second kappa shape index (κ2) is 6.77. The lowest BCUT2D eigenvalue weighted by Gasteiger charge is -2.41. The summed E-state index contributed by atoms with van der Waals surface area (Å²) in [5.74, 6) is -0.182. The van der Waals surface area contributed by atoms with E-state index in [1.165, 1.54) is 16.4 Å². The Labute approximate surface area is 184 Å². The van der Waals surface area contributed by atoms with Crippen molar-refractivity contribution in [3.8, 4) is 0 Å². The summed E-state index contributed by atoms with van der Waals surface area (Å²) in [5, 5.41) is 0. The van der Waals surface area contributed by atoms with Crippen LogP contribution in [-0.2, 0) is 25.3 Å². The summed E-state index contributed by atoms with van der Waals surface area (Å²) >= 11 is 3.51. The van der Waals surface area contributed by atoms with Crippen molar-refractivity contribution in [3.05, 3.63) is 58.3 Å². The first-order valence-corrected chi connectivity index (χ1v) is 14.0. The highest BCUT2D eigenvalue weighted by atomic mass is 79.9. The Kier molecular flexibility index (Phi) is 4.62. The Morgan fingerprint density at radius 3 is 2.27 bits per heavy atom. The molecule has 2 fully saturated rings. The third kappa shape index (κ3) is 3.12. The van der Waals surface area contributed by atoms with Gasteiger partial charge in [-0.1, -0.05) is 15.9 Å². The van der Waals surface area contributed by atoms with E-state index in [4.69, 9.17) is 0 Å². The first kappa shape index (κ1) is 20.5. The fourth-order valence-corrected chi connectivity index (χ4v) is 8.87. The number of hydrogen-bond donors (Lipinski definition) is 0. The summed E-state index contributed by atoms with van der Waals surface area (Å²) in [6.07, 6.45) is 2.66. The van der Waals surface area contributed by atoms with Gasteiger partial charge in [-0.05, 0) is 79.6 Å². The highest BCUT2D eigenvalue weighted by Crippen LogP contribution is 2.59. The van der Waals surface area contributed by atoms with E-state index in [1.54, 1.807) is 6.07 Å². The molecular weight excluding hydrogens is 493 g/mol. The van der Waals surface area contributed by atoms with Crippen molar-refractivity contribution in [1.82, 2.24) is 0 Å². The Hall–Kier alpha value is -1.45. The van der Waals surface area contributed by atoms with Crippen molar-refractivity contribution < 1.29 is 21.2 Å². The number of sulfone groups is 1. The van der Waals surface area contributed by atoms with Crippen LogP contribution in [0.3, 0.4) is 0 Å². The lowest BCUT2D eigenvalue weighted by Crippen LogP contribution is -2.52. The van der Waals surface area contributed by atoms with Crippen molar-refractivity contribution in [1.29, 1.82) is 0 Å². The highest BCUT2D eigenvalue weighted by molar-refractivity contribution is 9.10. The van der Waals surface area contributed by atoms with Gasteiger partial charge in [0, 0.05) is 9.89 Å². The van der Waals surface area contributed by atoms with Gasteiger partial charge in [0.15, 0.2) is 0 Å². The van der Waals surface area contributed by atoms with Crippen molar-refractivity contribution in [3.63, 3.8) is 0 Å². The van der Waals surface area contributed by atoms with E-state index < -0.39 is 31.1 Å². The summed E-state index contributed by atoms with van der Waals surface area (Å²) in [6, 6.07) is 10.1. The second-order valence-corrected chi connectivity index (χ2v) is 13.5. The highest BCUT2D eigenvalue weighted by Gasteiger charge is 2.60. The second-order valence-electron chi connectivity index (χ2n) is 8.51. The van der Waals surface area contributed by atoms with Crippen LogP contribution in [0.25, 0.3) is 0 Å². The van der Waals surface area contributed by atoms with Crippen LogP contribution < -0.4 is 4.31 Å². The number of nitrogens with zero attached hydrogens (tertiary/aromatic N) is 1. The molecule has 0 amide bonds. The van der Waals surface area contributed by atoms with Crippen LogP contribution >= 0.6 is 15.9 Å². The lowest BCUT2D eigenvalue weighted by molar-refractivity contribution is 0.308. The molecule has 0 unspecified atom stereocenters. The third-order valence-corrected chi connectivity index (χ3v) is 10.7. The monoisotopic (exact) mass is 513 g/mol. The SMILES string of the molecule is O=S1(=O)CCC2(CC1)c1cc(Br)ccc1N(S(=O)(=O)c1ccc(F)cc1)[C@@H]2C1CC1. The molecule has 1 aliphatic carbocycles. The number of rotatable bonds is 3. The van der Waals surface area contributed by atoms with Gasteiger partial charge in [-0.15, -0.1) is 0 Å². The fourth-order valence-electron chi connectivity index (χ4n) is 5.15. The summed E-state index contributed by atoms with van der Waals surface area (Å²) in [4.78, 5) is 0.0453. The molecule has 2 aromatic rings. The van der Waals surface area contributed by atoms with Crippen LogP contribution in [0.5, 0.6) is 0 Å². The maximum atomic E-state index is 13.8. The molecule has 1 atom stereocenters. The summed E-state index contributed by atoms with van der Waals surface area (Å²) in [6.45, 7) is 0. The topological polar surface area (TPSA) is 71.5 Å². The maximum Gasteiger partial charge on any atom is 0.264 e. The molecule has 1 saturated heterocycles. The van der Waals surface area contributed by atoms with E-state index in [9.17, 15) is 21.2 Å². The van der Waals surface area contributed by atoms with E-state index >= 15 is 0 Å². The van der Waals surface area contributed by atoms with Crippen LogP contribution in [0.15, 0.2) is 51.8 Å². The van der Waals surface area contributed by atoms with Gasteiger partial charge in [0.05, 0.1) is 28.1 Å². The average molecular weight is 514 g/mol. The molecule has 5 nitrogen and oxygen atoms in total. The zero-order valence-electron chi connectivity index (χ0n) is 16.1. The minimum absolute atomic E-state index is 0.0453. The predicted molar refractivity (Wildman–Crippen MR) is 116 cm³/mol. The third-order valence-electron chi connectivity index (χ3n) is 6.71. The van der Waals surface area contributed by atoms with E-state index in [-0.39, 0.29) is 28.4 Å². The number of benzene rings is 2. The van der Waals surface area contributed by atoms with Crippen molar-refractivity contribution in [2.45, 2.75) is 42.0 Å². The first-order chi connectivity index (χ1) is 14.1. The Balaban J connectivity index is 1.71. The molecular formula is C21H21BrFNO4S2. The van der Waals surface area contributed by atoms with Crippen LogP contribution in [0.1, 0.15) is 31.2 Å². The number of halogens is 2. The number of hydrogen-bond acceptors (Lipinski definition) is 4. The van der Waals surface area contributed by atoms with Gasteiger partial charge in [-0.3, -0.25) is 4.31 Å². The molecule has 30 heavy (non-hydrogen) atoms.